The standard InChI is InChI=1S/C21H37NO17S.Na/c1-6-11(26)13(28)14(29)20(35-6)38-16-9(5-24)37-19(34-3)10(22-7(2)25)17(16)39-21-15(30)18(40(31,32)33)12(27)8(4-23)36-21;/h6,8-21,23-24,26-30H,4-5H2,1-3H3,(H,22,25)(H,31,32,33);/q;+1/p-1/t6-,8-,9-,10-,11+,12+,13+,14-,15-,16-,17-,18+,19-,20+,21+;/m1./s1. The SMILES string of the molecule is CO[C@@H]1O[C@H](CO)[C@@H](O[C@@H]2O[C@H](C)[C@H](O)[C@H](O)[C@H]2O)[C@H](O[C@@H]2O[C@H](CO)[C@H](O)[C@H](S(=O)(=O)O)[C@H]2O)[C@H]1N=C(C)[O-].[Na+]. The smallest absolute Gasteiger partial charge is 0.862 e. The molecule has 15 atom stereocenters. The number of hydrogen-bond donors (Lipinski definition) is 8. The Morgan fingerprint density at radius 3 is 1.88 bits per heavy atom. The molecule has 0 aromatic heterocycles. The molecule has 8 N–H and O–H groups in total. The summed E-state index contributed by atoms with van der Waals surface area (Å²) in [7, 11) is -3.97. The third kappa shape index (κ3) is 8.12. The van der Waals surface area contributed by atoms with Gasteiger partial charge in [-0.15, -0.1) is 0 Å². The van der Waals surface area contributed by atoms with E-state index in [1.165, 1.54) is 14.0 Å². The zero-order valence-corrected chi connectivity index (χ0v) is 25.5. The minimum Gasteiger partial charge on any atom is -0.862 e. The molecule has 3 heterocycles. The Balaban J connectivity index is 0.00000588. The summed E-state index contributed by atoms with van der Waals surface area (Å²) in [6, 6.07) is -1.46. The molecule has 0 bridgehead atoms. The molecule has 0 saturated carbocycles. The van der Waals surface area contributed by atoms with Crippen LogP contribution in [0.4, 0.5) is 0 Å². The van der Waals surface area contributed by atoms with E-state index >= 15 is 0 Å². The second kappa shape index (κ2) is 15.2. The van der Waals surface area contributed by atoms with Crippen LogP contribution in [-0.2, 0) is 38.5 Å². The fourth-order valence-electron chi connectivity index (χ4n) is 4.85. The van der Waals surface area contributed by atoms with Crippen molar-refractivity contribution in [3.63, 3.8) is 0 Å². The van der Waals surface area contributed by atoms with Crippen LogP contribution in [0.3, 0.4) is 0 Å². The maximum atomic E-state index is 12.0. The minimum atomic E-state index is -5.14. The van der Waals surface area contributed by atoms with Crippen LogP contribution in [0, 0.1) is 0 Å². The quantitative estimate of drug-likeness (QED) is 0.0508. The molecule has 0 aliphatic carbocycles. The number of nitrogens with zero attached hydrogens (tertiary/aromatic N) is 1. The van der Waals surface area contributed by atoms with Gasteiger partial charge in [0, 0.05) is 7.11 Å². The summed E-state index contributed by atoms with van der Waals surface area (Å²) in [5.74, 6) is -0.767. The van der Waals surface area contributed by atoms with Gasteiger partial charge in [-0.05, 0) is 19.7 Å². The molecule has 41 heavy (non-hydrogen) atoms. The maximum absolute atomic E-state index is 12.0. The van der Waals surface area contributed by atoms with E-state index < -0.39 is 120 Å². The Bertz CT molecular complexity index is 972. The van der Waals surface area contributed by atoms with Crippen molar-refractivity contribution in [2.24, 2.45) is 4.99 Å². The Morgan fingerprint density at radius 1 is 0.829 bits per heavy atom. The minimum absolute atomic E-state index is 0. The van der Waals surface area contributed by atoms with Gasteiger partial charge in [0.2, 0.25) is 0 Å². The Hall–Kier alpha value is -0.140. The van der Waals surface area contributed by atoms with E-state index in [0.717, 1.165) is 6.92 Å². The van der Waals surface area contributed by atoms with Gasteiger partial charge in [0.25, 0.3) is 10.1 Å². The zero-order chi connectivity index (χ0) is 30.1. The van der Waals surface area contributed by atoms with Gasteiger partial charge in [-0.25, -0.2) is 0 Å². The van der Waals surface area contributed by atoms with Crippen molar-refractivity contribution < 1.29 is 112 Å². The van der Waals surface area contributed by atoms with Crippen molar-refractivity contribution in [1.82, 2.24) is 0 Å². The molecule has 3 aliphatic heterocycles. The first-order valence-corrected chi connectivity index (χ1v) is 13.8. The number of aliphatic imine (C=N–C) groups is 1. The fourth-order valence-corrected chi connectivity index (χ4v) is 5.86. The van der Waals surface area contributed by atoms with Gasteiger partial charge in [-0.2, -0.15) is 8.42 Å². The fraction of sp³-hybridized carbons (Fsp3) is 0.952. The summed E-state index contributed by atoms with van der Waals surface area (Å²) in [6.07, 6.45) is -21.8. The van der Waals surface area contributed by atoms with Gasteiger partial charge >= 0.3 is 29.6 Å². The Labute approximate surface area is 257 Å². The molecule has 0 aromatic rings. The van der Waals surface area contributed by atoms with Crippen LogP contribution in [0.5, 0.6) is 0 Å². The summed E-state index contributed by atoms with van der Waals surface area (Å²) in [5, 5.41) is 81.1. The van der Waals surface area contributed by atoms with Crippen LogP contribution in [0.2, 0.25) is 0 Å². The number of rotatable bonds is 9. The van der Waals surface area contributed by atoms with Crippen molar-refractivity contribution in [3.05, 3.63) is 0 Å². The second-order valence-electron chi connectivity index (χ2n) is 9.67. The van der Waals surface area contributed by atoms with E-state index in [0.29, 0.717) is 0 Å². The van der Waals surface area contributed by atoms with Crippen LogP contribution in [0.1, 0.15) is 13.8 Å². The molecule has 3 saturated heterocycles. The van der Waals surface area contributed by atoms with Crippen LogP contribution in [0.15, 0.2) is 4.99 Å². The van der Waals surface area contributed by atoms with Crippen molar-refractivity contribution in [2.75, 3.05) is 20.3 Å². The molecule has 3 rings (SSSR count). The average Bonchev–Trinajstić information content (AvgIpc) is 2.87. The molecule has 0 aromatic carbocycles. The normalized spacial score (nSPS) is 46.1. The molecule has 0 radical (unpaired) electrons. The molecule has 18 nitrogen and oxygen atoms in total. The van der Waals surface area contributed by atoms with Gasteiger partial charge < -0.3 is 69.3 Å². The van der Waals surface area contributed by atoms with E-state index in [4.69, 9.17) is 28.4 Å². The molecule has 0 spiro atoms. The number of aliphatic hydroxyl groups excluding tert-OH is 7. The summed E-state index contributed by atoms with van der Waals surface area (Å²) < 4.78 is 66.9. The van der Waals surface area contributed by atoms with Gasteiger partial charge in [-0.1, -0.05) is 0 Å². The summed E-state index contributed by atoms with van der Waals surface area (Å²) >= 11 is 0. The van der Waals surface area contributed by atoms with E-state index in [9.17, 15) is 53.8 Å². The van der Waals surface area contributed by atoms with Crippen molar-refractivity contribution in [1.29, 1.82) is 0 Å². The second-order valence-corrected chi connectivity index (χ2v) is 11.2. The van der Waals surface area contributed by atoms with Gasteiger partial charge in [0.1, 0.15) is 66.2 Å². The molecule has 3 fully saturated rings. The molecule has 3 aliphatic rings. The largest absolute Gasteiger partial charge is 1.00 e. The summed E-state index contributed by atoms with van der Waals surface area (Å²) in [4.78, 5) is 3.88. The maximum Gasteiger partial charge on any atom is 1.00 e. The third-order valence-corrected chi connectivity index (χ3v) is 8.16. The Morgan fingerprint density at radius 2 is 1.37 bits per heavy atom. The first kappa shape index (κ1) is 37.0. The molecule has 0 unspecified atom stereocenters. The molecular formula is C21H36NNaO17S. The van der Waals surface area contributed by atoms with Crippen LogP contribution in [-0.4, -0.2) is 166 Å². The molecule has 234 valence electrons. The predicted molar refractivity (Wildman–Crippen MR) is 125 cm³/mol. The van der Waals surface area contributed by atoms with E-state index in [1.807, 2.05) is 0 Å². The molecular weight excluding hydrogens is 593 g/mol. The van der Waals surface area contributed by atoms with E-state index in [-0.39, 0.29) is 29.6 Å². The van der Waals surface area contributed by atoms with Gasteiger partial charge in [0.15, 0.2) is 18.9 Å². The van der Waals surface area contributed by atoms with Crippen LogP contribution >= 0.6 is 0 Å². The first-order valence-electron chi connectivity index (χ1n) is 12.3. The average molecular weight is 630 g/mol. The topological polar surface area (TPSA) is 287 Å². The number of ether oxygens (including phenoxy) is 6. The first-order chi connectivity index (χ1) is 18.7. The number of hydrogen-bond acceptors (Lipinski definition) is 17. The van der Waals surface area contributed by atoms with Crippen LogP contribution in [0.25, 0.3) is 0 Å². The summed E-state index contributed by atoms with van der Waals surface area (Å²) in [6.45, 7) is 0.695. The monoisotopic (exact) mass is 629 g/mol. The predicted octanol–water partition coefficient (Wildman–Crippen LogP) is -9.21. The summed E-state index contributed by atoms with van der Waals surface area (Å²) in [5.41, 5.74) is 0. The van der Waals surface area contributed by atoms with E-state index in [1.54, 1.807) is 0 Å². The van der Waals surface area contributed by atoms with Crippen molar-refractivity contribution in [3.8, 4) is 0 Å². The molecule has 20 heteroatoms. The van der Waals surface area contributed by atoms with E-state index in [2.05, 4.69) is 4.99 Å². The van der Waals surface area contributed by atoms with Gasteiger partial charge in [0.05, 0.1) is 19.3 Å². The number of aliphatic hydroxyl groups is 7. The van der Waals surface area contributed by atoms with Crippen molar-refractivity contribution >= 4 is 16.0 Å². The zero-order valence-electron chi connectivity index (χ0n) is 22.7. The van der Waals surface area contributed by atoms with Crippen LogP contribution < -0.4 is 34.7 Å². The third-order valence-electron chi connectivity index (χ3n) is 6.91. The molecule has 0 amide bonds. The Kier molecular flexibility index (Phi) is 13.8. The van der Waals surface area contributed by atoms with Gasteiger partial charge in [-0.3, -0.25) is 9.55 Å². The van der Waals surface area contributed by atoms with Crippen molar-refractivity contribution in [2.45, 2.75) is 105 Å². The number of methoxy groups -OCH3 is 1.